The summed E-state index contributed by atoms with van der Waals surface area (Å²) in [5.74, 6) is 0. The van der Waals surface area contributed by atoms with Gasteiger partial charge in [0.2, 0.25) is 10.0 Å². The van der Waals surface area contributed by atoms with E-state index in [2.05, 4.69) is 25.2 Å². The van der Waals surface area contributed by atoms with E-state index in [4.69, 9.17) is 0 Å². The van der Waals surface area contributed by atoms with Crippen LogP contribution in [0.1, 0.15) is 17.7 Å². The van der Waals surface area contributed by atoms with E-state index in [0.717, 1.165) is 16.6 Å². The SMILES string of the molecule is Cc1cc(NC(=O)NCCN2CCC(NS(=O)(=O)c3ccccc3C#N)C2)c2ccccc2n1. The van der Waals surface area contributed by atoms with Crippen molar-refractivity contribution < 1.29 is 13.2 Å². The summed E-state index contributed by atoms with van der Waals surface area (Å²) in [6.45, 7) is 4.14. The number of nitrogens with one attached hydrogen (secondary N) is 3. The lowest BCUT2D eigenvalue weighted by Gasteiger charge is -2.17. The van der Waals surface area contributed by atoms with Crippen molar-refractivity contribution in [2.24, 2.45) is 0 Å². The second-order valence-electron chi connectivity index (χ2n) is 8.22. The van der Waals surface area contributed by atoms with Crippen LogP contribution in [-0.2, 0) is 10.0 Å². The van der Waals surface area contributed by atoms with Gasteiger partial charge in [-0.15, -0.1) is 0 Å². The lowest BCUT2D eigenvalue weighted by Crippen LogP contribution is -2.39. The molecule has 34 heavy (non-hydrogen) atoms. The molecule has 9 nitrogen and oxygen atoms in total. The van der Waals surface area contributed by atoms with Crippen LogP contribution in [0.4, 0.5) is 10.5 Å². The van der Waals surface area contributed by atoms with Crippen LogP contribution >= 0.6 is 0 Å². The van der Waals surface area contributed by atoms with Gasteiger partial charge in [0.15, 0.2) is 0 Å². The van der Waals surface area contributed by atoms with Crippen molar-refractivity contribution in [3.63, 3.8) is 0 Å². The molecule has 0 spiro atoms. The van der Waals surface area contributed by atoms with Gasteiger partial charge in [0.25, 0.3) is 0 Å². The number of amides is 2. The Hall–Kier alpha value is -3.52. The van der Waals surface area contributed by atoms with Crippen LogP contribution < -0.4 is 15.4 Å². The van der Waals surface area contributed by atoms with Gasteiger partial charge in [-0.2, -0.15) is 5.26 Å². The number of aryl methyl sites for hydroxylation is 1. The summed E-state index contributed by atoms with van der Waals surface area (Å²) in [6.07, 6.45) is 0.655. The molecule has 1 unspecified atom stereocenters. The fourth-order valence-corrected chi connectivity index (χ4v) is 5.53. The van der Waals surface area contributed by atoms with Gasteiger partial charge in [-0.3, -0.25) is 9.88 Å². The Morgan fingerprint density at radius 2 is 1.97 bits per heavy atom. The number of sulfonamides is 1. The maximum Gasteiger partial charge on any atom is 0.319 e. The van der Waals surface area contributed by atoms with Crippen LogP contribution in [0.5, 0.6) is 0 Å². The Morgan fingerprint density at radius 3 is 2.79 bits per heavy atom. The van der Waals surface area contributed by atoms with Gasteiger partial charge in [0, 0.05) is 36.8 Å². The van der Waals surface area contributed by atoms with Gasteiger partial charge in [-0.1, -0.05) is 30.3 Å². The number of likely N-dealkylation sites (tertiary alicyclic amines) is 1. The highest BCUT2D eigenvalue weighted by molar-refractivity contribution is 7.89. The summed E-state index contributed by atoms with van der Waals surface area (Å²) in [6, 6.07) is 17.0. The minimum absolute atomic E-state index is 0.00633. The molecular weight excluding hydrogens is 452 g/mol. The molecule has 1 aliphatic heterocycles. The zero-order chi connectivity index (χ0) is 24.1. The first-order chi connectivity index (χ1) is 16.4. The molecule has 1 atom stereocenters. The van der Waals surface area contributed by atoms with Gasteiger partial charge in [-0.25, -0.2) is 17.9 Å². The first-order valence-corrected chi connectivity index (χ1v) is 12.5. The van der Waals surface area contributed by atoms with Gasteiger partial charge in [0.1, 0.15) is 6.07 Å². The van der Waals surface area contributed by atoms with Crippen LogP contribution in [-0.4, -0.2) is 56.6 Å². The normalized spacial score (nSPS) is 16.3. The van der Waals surface area contributed by atoms with Crippen molar-refractivity contribution in [3.8, 4) is 6.07 Å². The zero-order valence-corrected chi connectivity index (χ0v) is 19.6. The minimum Gasteiger partial charge on any atom is -0.337 e. The monoisotopic (exact) mass is 478 g/mol. The van der Waals surface area contributed by atoms with Crippen molar-refractivity contribution in [2.75, 3.05) is 31.5 Å². The molecule has 4 rings (SSSR count). The summed E-state index contributed by atoms with van der Waals surface area (Å²) < 4.78 is 28.1. The number of hydrogen-bond acceptors (Lipinski definition) is 6. The zero-order valence-electron chi connectivity index (χ0n) is 18.8. The Bertz CT molecular complexity index is 1350. The third kappa shape index (κ3) is 5.51. The predicted octanol–water partition coefficient (Wildman–Crippen LogP) is 2.59. The summed E-state index contributed by atoms with van der Waals surface area (Å²) >= 11 is 0. The molecule has 2 heterocycles. The van der Waals surface area contributed by atoms with Crippen LogP contribution in [0, 0.1) is 18.3 Å². The maximum absolute atomic E-state index is 12.7. The Balaban J connectivity index is 1.27. The molecule has 1 aliphatic rings. The molecule has 2 aromatic carbocycles. The molecule has 0 aliphatic carbocycles. The Kier molecular flexibility index (Phi) is 7.07. The average molecular weight is 479 g/mol. The van der Waals surface area contributed by atoms with E-state index in [1.54, 1.807) is 12.1 Å². The predicted molar refractivity (Wildman–Crippen MR) is 130 cm³/mol. The third-order valence-corrected chi connectivity index (χ3v) is 7.28. The van der Waals surface area contributed by atoms with E-state index in [1.807, 2.05) is 43.3 Å². The number of pyridine rings is 1. The van der Waals surface area contributed by atoms with E-state index in [1.165, 1.54) is 12.1 Å². The number of para-hydroxylation sites is 1. The summed E-state index contributed by atoms with van der Waals surface area (Å²) in [7, 11) is -3.78. The molecule has 176 valence electrons. The number of carbonyl (C=O) groups excluding carboxylic acids is 1. The molecule has 3 N–H and O–H groups in total. The van der Waals surface area contributed by atoms with Gasteiger partial charge < -0.3 is 10.6 Å². The molecule has 0 radical (unpaired) electrons. The summed E-state index contributed by atoms with van der Waals surface area (Å²) in [5.41, 5.74) is 2.46. The second kappa shape index (κ2) is 10.2. The number of hydrogen-bond donors (Lipinski definition) is 3. The average Bonchev–Trinajstić information content (AvgIpc) is 3.25. The number of aromatic nitrogens is 1. The third-order valence-electron chi connectivity index (χ3n) is 5.70. The molecule has 10 heteroatoms. The fraction of sp³-hybridized carbons (Fsp3) is 0.292. The minimum atomic E-state index is -3.78. The molecule has 0 saturated carbocycles. The van der Waals surface area contributed by atoms with Crippen molar-refractivity contribution in [3.05, 3.63) is 65.9 Å². The molecule has 0 bridgehead atoms. The highest BCUT2D eigenvalue weighted by Gasteiger charge is 2.28. The van der Waals surface area contributed by atoms with Gasteiger partial charge in [-0.05, 0) is 44.2 Å². The molecule has 3 aromatic rings. The number of nitrogens with zero attached hydrogens (tertiary/aromatic N) is 3. The Labute approximate surface area is 198 Å². The van der Waals surface area contributed by atoms with Crippen molar-refractivity contribution in [1.82, 2.24) is 19.9 Å². The van der Waals surface area contributed by atoms with E-state index < -0.39 is 10.0 Å². The number of nitriles is 1. The lowest BCUT2D eigenvalue weighted by molar-refractivity contribution is 0.249. The van der Waals surface area contributed by atoms with E-state index in [0.29, 0.717) is 38.3 Å². The number of anilines is 1. The van der Waals surface area contributed by atoms with Crippen LogP contribution in [0.2, 0.25) is 0 Å². The largest absolute Gasteiger partial charge is 0.337 e. The van der Waals surface area contributed by atoms with Crippen LogP contribution in [0.15, 0.2) is 59.5 Å². The highest BCUT2D eigenvalue weighted by atomic mass is 32.2. The van der Waals surface area contributed by atoms with Gasteiger partial charge in [0.05, 0.1) is 21.7 Å². The van der Waals surface area contributed by atoms with Crippen molar-refractivity contribution in [2.45, 2.75) is 24.3 Å². The van der Waals surface area contributed by atoms with E-state index in [-0.39, 0.29) is 22.5 Å². The van der Waals surface area contributed by atoms with Crippen molar-refractivity contribution in [1.29, 1.82) is 5.26 Å². The van der Waals surface area contributed by atoms with E-state index in [9.17, 15) is 18.5 Å². The number of benzene rings is 2. The van der Waals surface area contributed by atoms with Crippen LogP contribution in [0.3, 0.4) is 0 Å². The summed E-state index contributed by atoms with van der Waals surface area (Å²) in [4.78, 5) is 19.0. The number of fused-ring (bicyclic) bond motifs is 1. The van der Waals surface area contributed by atoms with Crippen LogP contribution in [0.25, 0.3) is 10.9 Å². The summed E-state index contributed by atoms with van der Waals surface area (Å²) in [5, 5.41) is 15.8. The quantitative estimate of drug-likeness (QED) is 0.479. The molecular formula is C24H26N6O3S. The number of carbonyl (C=O) groups is 1. The first-order valence-electron chi connectivity index (χ1n) is 11.0. The number of rotatable bonds is 7. The molecule has 1 fully saturated rings. The van der Waals surface area contributed by atoms with E-state index >= 15 is 0 Å². The molecule has 1 aromatic heterocycles. The number of urea groups is 1. The smallest absolute Gasteiger partial charge is 0.319 e. The fourth-order valence-electron chi connectivity index (χ4n) is 4.11. The molecule has 2 amide bonds. The maximum atomic E-state index is 12.7. The standard InChI is InChI=1S/C24H26N6O3S/c1-17-14-22(20-7-3-4-8-21(20)27-17)28-24(31)26-11-13-30-12-10-19(16-30)29-34(32,33)23-9-5-2-6-18(23)15-25/h2-9,14,19,29H,10-13,16H2,1H3,(H2,26,27,28,31). The molecule has 1 saturated heterocycles. The van der Waals surface area contributed by atoms with Crippen molar-refractivity contribution >= 4 is 32.6 Å². The topological polar surface area (TPSA) is 127 Å². The second-order valence-corrected chi connectivity index (χ2v) is 9.91. The first kappa shape index (κ1) is 23.6. The van der Waals surface area contributed by atoms with Gasteiger partial charge >= 0.3 is 6.03 Å². The Morgan fingerprint density at radius 1 is 1.21 bits per heavy atom. The lowest BCUT2D eigenvalue weighted by atomic mass is 10.1. The highest BCUT2D eigenvalue weighted by Crippen LogP contribution is 2.23.